The Bertz CT molecular complexity index is 512. The van der Waals surface area contributed by atoms with E-state index in [0.717, 1.165) is 17.8 Å². The summed E-state index contributed by atoms with van der Waals surface area (Å²) >= 11 is 0. The van der Waals surface area contributed by atoms with E-state index in [4.69, 9.17) is 5.73 Å². The predicted octanol–water partition coefficient (Wildman–Crippen LogP) is 3.89. The average Bonchev–Trinajstić information content (AvgIpc) is 2.39. The maximum Gasteiger partial charge on any atom is 0.416 e. The summed E-state index contributed by atoms with van der Waals surface area (Å²) in [5.74, 6) is 0. The van der Waals surface area contributed by atoms with Crippen molar-refractivity contribution in [3.63, 3.8) is 0 Å². The molecule has 0 bridgehead atoms. The van der Waals surface area contributed by atoms with E-state index in [1.807, 2.05) is 30.3 Å². The Kier molecular flexibility index (Phi) is 5.52. The molecule has 0 saturated heterocycles. The van der Waals surface area contributed by atoms with Crippen LogP contribution < -0.4 is 11.0 Å². The maximum atomic E-state index is 11.9. The zero-order valence-electron chi connectivity index (χ0n) is 9.76. The second-order valence-corrected chi connectivity index (χ2v) is 4.25. The smallest absolute Gasteiger partial charge is 0.399 e. The summed E-state index contributed by atoms with van der Waals surface area (Å²) in [5, 5.41) is 0.336. The Morgan fingerprint density at radius 3 is 1.74 bits per heavy atom. The molecule has 0 radical (unpaired) electrons. The van der Waals surface area contributed by atoms with Gasteiger partial charge in [-0.05, 0) is 36.4 Å². The molecule has 19 heavy (non-hydrogen) atoms. The quantitative estimate of drug-likeness (QED) is 0.638. The topological polar surface area (TPSA) is 43.1 Å². The molecule has 2 nitrogen and oxygen atoms in total. The van der Waals surface area contributed by atoms with Crippen LogP contribution in [0, 0.1) is 0 Å². The van der Waals surface area contributed by atoms with Crippen LogP contribution in [0.2, 0.25) is 0 Å². The van der Waals surface area contributed by atoms with Gasteiger partial charge in [-0.25, -0.2) is 0 Å². The second kappa shape index (κ2) is 6.90. The van der Waals surface area contributed by atoms with Crippen molar-refractivity contribution in [3.05, 3.63) is 60.2 Å². The number of alkyl halides is 3. The normalized spacial score (nSPS) is 10.7. The van der Waals surface area contributed by atoms with Crippen molar-refractivity contribution in [2.45, 2.75) is 6.18 Å². The molecular formula is C13H11F3NOP. The van der Waals surface area contributed by atoms with Crippen molar-refractivity contribution >= 4 is 19.5 Å². The fourth-order valence-corrected chi connectivity index (χ4v) is 1.44. The van der Waals surface area contributed by atoms with E-state index in [2.05, 4.69) is 0 Å². The van der Waals surface area contributed by atoms with Gasteiger partial charge in [0.1, 0.15) is 0 Å². The number of nitrogens with two attached hydrogens (primary N) is 1. The van der Waals surface area contributed by atoms with Gasteiger partial charge in [0.05, 0.1) is 5.56 Å². The second-order valence-electron chi connectivity index (χ2n) is 3.55. The minimum atomic E-state index is -4.32. The van der Waals surface area contributed by atoms with Crippen LogP contribution in [0.1, 0.15) is 5.56 Å². The first kappa shape index (κ1) is 15.2. The molecular weight excluding hydrogens is 274 g/mol. The van der Waals surface area contributed by atoms with Crippen molar-refractivity contribution < 1.29 is 17.7 Å². The molecule has 0 aliphatic heterocycles. The molecule has 0 aromatic heterocycles. The van der Waals surface area contributed by atoms with Gasteiger partial charge in [0.25, 0.3) is 0 Å². The highest BCUT2D eigenvalue weighted by atomic mass is 31.1. The summed E-state index contributed by atoms with van der Waals surface area (Å²) in [6.07, 6.45) is -4.32. The zero-order chi connectivity index (χ0) is 14.3. The molecule has 0 saturated carbocycles. The molecule has 2 aromatic carbocycles. The molecule has 6 heteroatoms. The first-order valence-electron chi connectivity index (χ1n) is 5.24. The van der Waals surface area contributed by atoms with E-state index in [-0.39, 0.29) is 8.46 Å². The third-order valence-corrected chi connectivity index (χ3v) is 2.61. The highest BCUT2D eigenvalue weighted by Crippen LogP contribution is 2.28. The van der Waals surface area contributed by atoms with Gasteiger partial charge < -0.3 is 5.73 Å². The van der Waals surface area contributed by atoms with Crippen LogP contribution in [0.3, 0.4) is 0 Å². The number of hydrogen-bond donors (Lipinski definition) is 1. The number of anilines is 1. The average molecular weight is 285 g/mol. The minimum Gasteiger partial charge on any atom is -0.399 e. The molecule has 0 fully saturated rings. The molecule has 0 atom stereocenters. The molecule has 0 spiro atoms. The van der Waals surface area contributed by atoms with E-state index < -0.39 is 11.7 Å². The molecule has 0 amide bonds. The molecule has 2 rings (SSSR count). The standard InChI is InChI=1S/C7H4F3OP.C6H7N/c8-7(9,10)5-1-3-6(12-11)4-2-5;7-6-4-2-1-3-5-6/h1-4H;1-5H,7H2. The first-order chi connectivity index (χ1) is 8.93. The van der Waals surface area contributed by atoms with Gasteiger partial charge in [-0.15, -0.1) is 0 Å². The number of para-hydroxylation sites is 1. The molecule has 0 unspecified atom stereocenters. The Labute approximate surface area is 110 Å². The number of nitrogen functional groups attached to an aromatic ring is 1. The van der Waals surface area contributed by atoms with Gasteiger partial charge in [0, 0.05) is 11.0 Å². The van der Waals surface area contributed by atoms with Crippen LogP contribution in [0.4, 0.5) is 18.9 Å². The van der Waals surface area contributed by atoms with Crippen molar-refractivity contribution in [1.29, 1.82) is 0 Å². The summed E-state index contributed by atoms with van der Waals surface area (Å²) < 4.78 is 46.0. The monoisotopic (exact) mass is 285 g/mol. The van der Waals surface area contributed by atoms with E-state index in [0.29, 0.717) is 5.30 Å². The highest BCUT2D eigenvalue weighted by molar-refractivity contribution is 7.34. The van der Waals surface area contributed by atoms with Crippen LogP contribution in [-0.2, 0) is 10.7 Å². The zero-order valence-corrected chi connectivity index (χ0v) is 10.7. The number of benzene rings is 2. The summed E-state index contributed by atoms with van der Waals surface area (Å²) in [4.78, 5) is 0. The van der Waals surface area contributed by atoms with Gasteiger partial charge in [0.15, 0.2) is 8.46 Å². The highest BCUT2D eigenvalue weighted by Gasteiger charge is 2.29. The molecule has 0 aliphatic carbocycles. The third-order valence-electron chi connectivity index (χ3n) is 2.10. The lowest BCUT2D eigenvalue weighted by Gasteiger charge is -2.04. The van der Waals surface area contributed by atoms with Gasteiger partial charge >= 0.3 is 6.18 Å². The van der Waals surface area contributed by atoms with Gasteiger partial charge in [-0.1, -0.05) is 18.2 Å². The maximum absolute atomic E-state index is 11.9. The van der Waals surface area contributed by atoms with Gasteiger partial charge in [-0.3, -0.25) is 4.57 Å². The Morgan fingerprint density at radius 2 is 1.42 bits per heavy atom. The largest absolute Gasteiger partial charge is 0.416 e. The molecule has 100 valence electrons. The molecule has 0 aliphatic rings. The summed E-state index contributed by atoms with van der Waals surface area (Å²) in [7, 11) is -0.268. The van der Waals surface area contributed by atoms with Crippen LogP contribution >= 0.6 is 8.46 Å². The van der Waals surface area contributed by atoms with Crippen molar-refractivity contribution in [2.24, 2.45) is 0 Å². The third kappa shape index (κ3) is 5.53. The fraction of sp³-hybridized carbons (Fsp3) is 0.0769. The van der Waals surface area contributed by atoms with Gasteiger partial charge in [-0.2, -0.15) is 13.2 Å². The molecule has 0 heterocycles. The van der Waals surface area contributed by atoms with Crippen molar-refractivity contribution in [2.75, 3.05) is 5.73 Å². The first-order valence-corrected chi connectivity index (χ1v) is 6.06. The Balaban J connectivity index is 0.000000218. The lowest BCUT2D eigenvalue weighted by molar-refractivity contribution is -0.137. The van der Waals surface area contributed by atoms with E-state index >= 15 is 0 Å². The van der Waals surface area contributed by atoms with Crippen LogP contribution in [-0.4, -0.2) is 0 Å². The predicted molar refractivity (Wildman–Crippen MR) is 69.5 cm³/mol. The van der Waals surface area contributed by atoms with E-state index in [9.17, 15) is 17.7 Å². The Hall–Kier alpha value is -1.87. The van der Waals surface area contributed by atoms with Crippen molar-refractivity contribution in [3.8, 4) is 0 Å². The van der Waals surface area contributed by atoms with Crippen LogP contribution in [0.25, 0.3) is 0 Å². The lowest BCUT2D eigenvalue weighted by atomic mass is 10.2. The van der Waals surface area contributed by atoms with E-state index in [1.54, 1.807) is 0 Å². The summed E-state index contributed by atoms with van der Waals surface area (Å²) in [6, 6.07) is 13.6. The lowest BCUT2D eigenvalue weighted by Crippen LogP contribution is -2.05. The van der Waals surface area contributed by atoms with Gasteiger partial charge in [0.2, 0.25) is 0 Å². The van der Waals surface area contributed by atoms with E-state index in [1.165, 1.54) is 12.1 Å². The number of halogens is 3. The number of rotatable bonds is 1. The summed E-state index contributed by atoms with van der Waals surface area (Å²) in [5.41, 5.74) is 5.45. The minimum absolute atomic E-state index is 0.268. The van der Waals surface area contributed by atoms with Crippen molar-refractivity contribution in [1.82, 2.24) is 0 Å². The van der Waals surface area contributed by atoms with Crippen LogP contribution in [0.5, 0.6) is 0 Å². The Morgan fingerprint density at radius 1 is 0.895 bits per heavy atom. The molecule has 2 aromatic rings. The molecule has 2 N–H and O–H groups in total. The van der Waals surface area contributed by atoms with Crippen LogP contribution in [0.15, 0.2) is 54.6 Å². The fourth-order valence-electron chi connectivity index (χ4n) is 1.16. The summed E-state index contributed by atoms with van der Waals surface area (Å²) in [6.45, 7) is 0. The number of hydrogen-bond acceptors (Lipinski definition) is 2. The SMILES string of the molecule is Nc1ccccc1.O=Pc1ccc(C(F)(F)F)cc1.